The van der Waals surface area contributed by atoms with Gasteiger partial charge in [-0.15, -0.1) is 11.6 Å². The molecule has 0 aliphatic carbocycles. The molecule has 1 aromatic carbocycles. The fraction of sp³-hybridized carbons (Fsp3) is 0.500. The largest absolute Gasteiger partial charge is 0.246 e. The van der Waals surface area contributed by atoms with Crippen molar-refractivity contribution in [1.82, 2.24) is 4.31 Å². The van der Waals surface area contributed by atoms with Crippen LogP contribution < -0.4 is 0 Å². The predicted octanol–water partition coefficient (Wildman–Crippen LogP) is 3.64. The Morgan fingerprint density at radius 1 is 1.37 bits per heavy atom. The molecule has 0 aliphatic heterocycles. The average molecular weight is 328 g/mol. The molecule has 0 fully saturated rings. The Labute approximate surface area is 123 Å². The van der Waals surface area contributed by atoms with E-state index in [1.54, 1.807) is 20.8 Å². The van der Waals surface area contributed by atoms with Gasteiger partial charge in [0.05, 0.1) is 5.88 Å². The second-order valence-electron chi connectivity index (χ2n) is 4.31. The van der Waals surface area contributed by atoms with E-state index in [9.17, 15) is 12.8 Å². The fourth-order valence-corrected chi connectivity index (χ4v) is 4.12. The third-order valence-corrected chi connectivity index (χ3v) is 5.35. The molecule has 3 nitrogen and oxygen atoms in total. The summed E-state index contributed by atoms with van der Waals surface area (Å²) in [6.07, 6.45) is 0. The molecule has 19 heavy (non-hydrogen) atoms. The zero-order chi connectivity index (χ0) is 14.8. The number of rotatable bonds is 5. The van der Waals surface area contributed by atoms with E-state index in [4.69, 9.17) is 23.2 Å². The van der Waals surface area contributed by atoms with E-state index in [1.165, 1.54) is 10.4 Å². The van der Waals surface area contributed by atoms with Gasteiger partial charge in [0, 0.05) is 23.2 Å². The SMILES string of the molecule is CCN(C(C)C)S(=O)(=O)c1cc(Cl)cc(CCl)c1F. The predicted molar refractivity (Wildman–Crippen MR) is 75.7 cm³/mol. The third kappa shape index (κ3) is 3.40. The van der Waals surface area contributed by atoms with Crippen molar-refractivity contribution >= 4 is 33.2 Å². The van der Waals surface area contributed by atoms with Crippen LogP contribution in [0.25, 0.3) is 0 Å². The number of halogens is 3. The van der Waals surface area contributed by atoms with Crippen LogP contribution >= 0.6 is 23.2 Å². The van der Waals surface area contributed by atoms with Gasteiger partial charge >= 0.3 is 0 Å². The Bertz CT molecular complexity index is 561. The highest BCUT2D eigenvalue weighted by Gasteiger charge is 2.29. The van der Waals surface area contributed by atoms with Gasteiger partial charge in [0.2, 0.25) is 10.0 Å². The molecule has 0 bridgehead atoms. The quantitative estimate of drug-likeness (QED) is 0.774. The van der Waals surface area contributed by atoms with Crippen LogP contribution in [0, 0.1) is 5.82 Å². The van der Waals surface area contributed by atoms with Crippen LogP contribution in [0.3, 0.4) is 0 Å². The van der Waals surface area contributed by atoms with Gasteiger partial charge in [-0.3, -0.25) is 0 Å². The van der Waals surface area contributed by atoms with E-state index >= 15 is 0 Å². The van der Waals surface area contributed by atoms with Crippen molar-refractivity contribution in [3.05, 3.63) is 28.5 Å². The molecule has 0 amide bonds. The van der Waals surface area contributed by atoms with Crippen LogP contribution in [0.1, 0.15) is 26.3 Å². The Hall–Kier alpha value is -0.360. The second-order valence-corrected chi connectivity index (χ2v) is 6.88. The number of benzene rings is 1. The van der Waals surface area contributed by atoms with Crippen molar-refractivity contribution in [2.24, 2.45) is 0 Å². The molecule has 1 aromatic rings. The molecule has 108 valence electrons. The third-order valence-electron chi connectivity index (χ3n) is 2.70. The summed E-state index contributed by atoms with van der Waals surface area (Å²) in [6, 6.07) is 2.18. The number of hydrogen-bond donors (Lipinski definition) is 0. The summed E-state index contributed by atoms with van der Waals surface area (Å²) < 4.78 is 40.2. The van der Waals surface area contributed by atoms with E-state index in [2.05, 4.69) is 0 Å². The summed E-state index contributed by atoms with van der Waals surface area (Å²) in [5, 5.41) is 0.149. The lowest BCUT2D eigenvalue weighted by atomic mass is 10.2. The lowest BCUT2D eigenvalue weighted by Crippen LogP contribution is -2.37. The lowest BCUT2D eigenvalue weighted by molar-refractivity contribution is 0.366. The number of nitrogens with zero attached hydrogens (tertiary/aromatic N) is 1. The molecular weight excluding hydrogens is 312 g/mol. The molecule has 0 radical (unpaired) electrons. The van der Waals surface area contributed by atoms with Crippen LogP contribution in [0.15, 0.2) is 17.0 Å². The summed E-state index contributed by atoms with van der Waals surface area (Å²) in [6.45, 7) is 5.41. The summed E-state index contributed by atoms with van der Waals surface area (Å²) >= 11 is 11.4. The lowest BCUT2D eigenvalue weighted by Gasteiger charge is -2.25. The first-order chi connectivity index (χ1) is 8.75. The highest BCUT2D eigenvalue weighted by molar-refractivity contribution is 7.89. The summed E-state index contributed by atoms with van der Waals surface area (Å²) in [4.78, 5) is -0.425. The molecule has 0 spiro atoms. The van der Waals surface area contributed by atoms with E-state index < -0.39 is 20.7 Å². The minimum absolute atomic E-state index is 0.0764. The van der Waals surface area contributed by atoms with Gasteiger partial charge < -0.3 is 0 Å². The van der Waals surface area contributed by atoms with Crippen LogP contribution in [0.2, 0.25) is 5.02 Å². The molecule has 7 heteroatoms. The maximum Gasteiger partial charge on any atom is 0.246 e. The number of hydrogen-bond acceptors (Lipinski definition) is 2. The van der Waals surface area contributed by atoms with Crippen LogP contribution in [0.5, 0.6) is 0 Å². The molecular formula is C12H16Cl2FNO2S. The van der Waals surface area contributed by atoms with Gasteiger partial charge in [-0.05, 0) is 26.0 Å². The summed E-state index contributed by atoms with van der Waals surface area (Å²) in [5.74, 6) is -0.971. The van der Waals surface area contributed by atoms with E-state index in [1.807, 2.05) is 0 Å². The van der Waals surface area contributed by atoms with Crippen LogP contribution in [-0.2, 0) is 15.9 Å². The van der Waals surface area contributed by atoms with Crippen molar-refractivity contribution in [1.29, 1.82) is 0 Å². The average Bonchev–Trinajstić information content (AvgIpc) is 2.31. The van der Waals surface area contributed by atoms with Crippen molar-refractivity contribution in [2.75, 3.05) is 6.54 Å². The fourth-order valence-electron chi connectivity index (χ4n) is 1.84. The van der Waals surface area contributed by atoms with Crippen molar-refractivity contribution in [3.63, 3.8) is 0 Å². The highest BCUT2D eigenvalue weighted by Crippen LogP contribution is 2.28. The Morgan fingerprint density at radius 2 is 1.95 bits per heavy atom. The van der Waals surface area contributed by atoms with E-state index in [0.29, 0.717) is 0 Å². The monoisotopic (exact) mass is 327 g/mol. The van der Waals surface area contributed by atoms with Gasteiger partial charge in [0.25, 0.3) is 0 Å². The standard InChI is InChI=1S/C12H16Cl2FNO2S/c1-4-16(8(2)3)19(17,18)11-6-10(14)5-9(7-13)12(11)15/h5-6,8H,4,7H2,1-3H3. The minimum atomic E-state index is -3.92. The Balaban J connectivity index is 3.48. The zero-order valence-electron chi connectivity index (χ0n) is 11.0. The van der Waals surface area contributed by atoms with Crippen LogP contribution in [0.4, 0.5) is 4.39 Å². The van der Waals surface area contributed by atoms with Gasteiger partial charge in [-0.25, -0.2) is 12.8 Å². The maximum absolute atomic E-state index is 14.2. The first kappa shape index (κ1) is 16.7. The summed E-state index contributed by atoms with van der Waals surface area (Å²) in [5.41, 5.74) is 0.0764. The minimum Gasteiger partial charge on any atom is -0.207 e. The van der Waals surface area contributed by atoms with Crippen molar-refractivity contribution in [2.45, 2.75) is 37.6 Å². The highest BCUT2D eigenvalue weighted by atomic mass is 35.5. The maximum atomic E-state index is 14.2. The molecule has 0 heterocycles. The number of sulfonamides is 1. The van der Waals surface area contributed by atoms with Crippen LogP contribution in [-0.4, -0.2) is 25.3 Å². The van der Waals surface area contributed by atoms with E-state index in [0.717, 1.165) is 6.07 Å². The Kier molecular flexibility index (Phi) is 5.62. The summed E-state index contributed by atoms with van der Waals surface area (Å²) in [7, 11) is -3.92. The first-order valence-electron chi connectivity index (χ1n) is 5.81. The van der Waals surface area contributed by atoms with E-state index in [-0.39, 0.29) is 29.1 Å². The van der Waals surface area contributed by atoms with Gasteiger partial charge in [0.1, 0.15) is 10.7 Å². The molecule has 1 rings (SSSR count). The van der Waals surface area contributed by atoms with Gasteiger partial charge in [-0.1, -0.05) is 18.5 Å². The zero-order valence-corrected chi connectivity index (χ0v) is 13.3. The normalized spacial score (nSPS) is 12.4. The Morgan fingerprint density at radius 3 is 2.37 bits per heavy atom. The molecule has 0 saturated heterocycles. The van der Waals surface area contributed by atoms with Crippen molar-refractivity contribution in [3.8, 4) is 0 Å². The van der Waals surface area contributed by atoms with Gasteiger partial charge in [-0.2, -0.15) is 4.31 Å². The topological polar surface area (TPSA) is 37.4 Å². The molecule has 0 atom stereocenters. The first-order valence-corrected chi connectivity index (χ1v) is 8.16. The molecule has 0 unspecified atom stereocenters. The van der Waals surface area contributed by atoms with Gasteiger partial charge in [0.15, 0.2) is 0 Å². The smallest absolute Gasteiger partial charge is 0.207 e. The molecule has 0 saturated carbocycles. The second kappa shape index (κ2) is 6.39. The molecule has 0 N–H and O–H groups in total. The number of alkyl halides is 1. The molecule has 0 aliphatic rings. The molecule has 0 aromatic heterocycles. The van der Waals surface area contributed by atoms with Crippen molar-refractivity contribution < 1.29 is 12.8 Å².